The van der Waals surface area contributed by atoms with Gasteiger partial charge in [-0.1, -0.05) is 0 Å². The molecule has 0 radical (unpaired) electrons. The molecule has 1 aromatic heterocycles. The number of methoxy groups -OCH3 is 1. The normalized spacial score (nSPS) is 10.9. The van der Waals surface area contributed by atoms with E-state index in [0.717, 1.165) is 36.3 Å². The molecule has 1 heterocycles. The second-order valence-electron chi connectivity index (χ2n) is 6.14. The molecule has 25 heavy (non-hydrogen) atoms. The molecule has 2 N–H and O–H groups in total. The third-order valence-corrected chi connectivity index (χ3v) is 4.33. The summed E-state index contributed by atoms with van der Waals surface area (Å²) in [4.78, 5) is 19.5. The van der Waals surface area contributed by atoms with E-state index in [4.69, 9.17) is 17.0 Å². The van der Waals surface area contributed by atoms with Crippen molar-refractivity contribution in [2.45, 2.75) is 13.5 Å². The molecule has 0 aliphatic rings. The highest BCUT2D eigenvalue weighted by molar-refractivity contribution is 7.80. The van der Waals surface area contributed by atoms with E-state index < -0.39 is 0 Å². The standard InChI is InChI=1S/C18H26N4O2S/c1-5-19-18(25)22(9-8-21(2)3)12-14-10-13-6-7-15(24-4)11-16(13)20-17(14)23/h6-7,10-11H,5,8-9,12H2,1-4H3,(H,19,25)(H,20,23). The lowest BCUT2D eigenvalue weighted by atomic mass is 10.1. The average Bonchev–Trinajstić information content (AvgIpc) is 2.58. The molecule has 2 rings (SSSR count). The Bertz CT molecular complexity index is 788. The number of hydrogen-bond donors (Lipinski definition) is 2. The summed E-state index contributed by atoms with van der Waals surface area (Å²) in [5.74, 6) is 0.719. The summed E-state index contributed by atoms with van der Waals surface area (Å²) < 4.78 is 5.21. The van der Waals surface area contributed by atoms with Crippen LogP contribution in [0, 0.1) is 0 Å². The highest BCUT2D eigenvalue weighted by Gasteiger charge is 2.13. The second kappa shape index (κ2) is 8.82. The van der Waals surface area contributed by atoms with E-state index in [2.05, 4.69) is 15.2 Å². The van der Waals surface area contributed by atoms with Gasteiger partial charge in [-0.05, 0) is 56.8 Å². The van der Waals surface area contributed by atoms with Gasteiger partial charge in [-0.15, -0.1) is 0 Å². The molecular formula is C18H26N4O2S. The van der Waals surface area contributed by atoms with Gasteiger partial charge in [0.2, 0.25) is 0 Å². The number of aromatic amines is 1. The van der Waals surface area contributed by atoms with Gasteiger partial charge in [0.05, 0.1) is 19.2 Å². The minimum atomic E-state index is -0.102. The fraction of sp³-hybridized carbons (Fsp3) is 0.444. The monoisotopic (exact) mass is 362 g/mol. The Morgan fingerprint density at radius 3 is 2.68 bits per heavy atom. The quantitative estimate of drug-likeness (QED) is 0.733. The maximum absolute atomic E-state index is 12.5. The first-order valence-corrected chi connectivity index (χ1v) is 8.73. The molecule has 0 saturated carbocycles. The van der Waals surface area contributed by atoms with E-state index in [1.54, 1.807) is 7.11 Å². The molecular weight excluding hydrogens is 336 g/mol. The van der Waals surface area contributed by atoms with Crippen molar-refractivity contribution in [1.29, 1.82) is 0 Å². The fourth-order valence-electron chi connectivity index (χ4n) is 2.51. The third kappa shape index (κ3) is 5.17. The number of pyridine rings is 1. The smallest absolute Gasteiger partial charge is 0.253 e. The van der Waals surface area contributed by atoms with Crippen LogP contribution < -0.4 is 15.6 Å². The van der Waals surface area contributed by atoms with Crippen LogP contribution in [0.4, 0.5) is 0 Å². The zero-order valence-corrected chi connectivity index (χ0v) is 16.1. The molecule has 0 amide bonds. The number of nitrogens with zero attached hydrogens (tertiary/aromatic N) is 2. The predicted octanol–water partition coefficient (Wildman–Crippen LogP) is 1.79. The second-order valence-corrected chi connectivity index (χ2v) is 6.52. The topological polar surface area (TPSA) is 60.6 Å². The summed E-state index contributed by atoms with van der Waals surface area (Å²) in [6, 6.07) is 7.58. The van der Waals surface area contributed by atoms with Crippen LogP contribution in [-0.4, -0.2) is 60.7 Å². The van der Waals surface area contributed by atoms with Gasteiger partial charge in [-0.25, -0.2) is 0 Å². The van der Waals surface area contributed by atoms with E-state index in [1.165, 1.54) is 0 Å². The van der Waals surface area contributed by atoms with Crippen molar-refractivity contribution >= 4 is 28.2 Å². The summed E-state index contributed by atoms with van der Waals surface area (Å²) in [7, 11) is 5.65. The molecule has 6 nitrogen and oxygen atoms in total. The van der Waals surface area contributed by atoms with Gasteiger partial charge in [0.15, 0.2) is 5.11 Å². The lowest BCUT2D eigenvalue weighted by Crippen LogP contribution is -2.43. The Hall–Kier alpha value is -2.12. The van der Waals surface area contributed by atoms with Crippen LogP contribution in [0.3, 0.4) is 0 Å². The molecule has 2 aromatic rings. The van der Waals surface area contributed by atoms with E-state index in [9.17, 15) is 4.79 Å². The van der Waals surface area contributed by atoms with E-state index >= 15 is 0 Å². The Morgan fingerprint density at radius 1 is 1.28 bits per heavy atom. The molecule has 0 atom stereocenters. The van der Waals surface area contributed by atoms with Crippen LogP contribution in [0.25, 0.3) is 10.9 Å². The minimum absolute atomic E-state index is 0.102. The summed E-state index contributed by atoms with van der Waals surface area (Å²) in [5.41, 5.74) is 1.36. The molecule has 136 valence electrons. The van der Waals surface area contributed by atoms with Crippen molar-refractivity contribution in [3.63, 3.8) is 0 Å². The minimum Gasteiger partial charge on any atom is -0.497 e. The molecule has 7 heteroatoms. The Balaban J connectivity index is 2.29. The zero-order chi connectivity index (χ0) is 18.4. The number of aromatic nitrogens is 1. The van der Waals surface area contributed by atoms with Gasteiger partial charge in [0, 0.05) is 31.3 Å². The number of hydrogen-bond acceptors (Lipinski definition) is 4. The van der Waals surface area contributed by atoms with Gasteiger partial charge >= 0.3 is 0 Å². The largest absolute Gasteiger partial charge is 0.497 e. The van der Waals surface area contributed by atoms with E-state index in [0.29, 0.717) is 17.2 Å². The number of fused-ring (bicyclic) bond motifs is 1. The van der Waals surface area contributed by atoms with Gasteiger partial charge in [-0.3, -0.25) is 4.79 Å². The van der Waals surface area contributed by atoms with Crippen molar-refractivity contribution in [3.8, 4) is 5.75 Å². The van der Waals surface area contributed by atoms with Crippen LogP contribution in [0.2, 0.25) is 0 Å². The summed E-state index contributed by atoms with van der Waals surface area (Å²) in [6.07, 6.45) is 0. The van der Waals surface area contributed by atoms with Crippen molar-refractivity contribution in [3.05, 3.63) is 40.2 Å². The number of H-pyrrole nitrogens is 1. The van der Waals surface area contributed by atoms with E-state index in [-0.39, 0.29) is 5.56 Å². The molecule has 0 aliphatic carbocycles. The van der Waals surface area contributed by atoms with Crippen LogP contribution in [0.15, 0.2) is 29.1 Å². The molecule has 0 saturated heterocycles. The molecule has 0 bridgehead atoms. The van der Waals surface area contributed by atoms with Crippen molar-refractivity contribution in [1.82, 2.24) is 20.1 Å². The summed E-state index contributed by atoms with van der Waals surface area (Å²) >= 11 is 5.47. The Kier molecular flexibility index (Phi) is 6.78. The molecule has 0 spiro atoms. The first-order valence-electron chi connectivity index (χ1n) is 8.32. The predicted molar refractivity (Wildman–Crippen MR) is 106 cm³/mol. The Labute approximate surface area is 153 Å². The molecule has 1 aromatic carbocycles. The number of nitrogens with one attached hydrogen (secondary N) is 2. The first kappa shape index (κ1) is 19.2. The first-order chi connectivity index (χ1) is 11.9. The molecule has 0 fully saturated rings. The number of rotatable bonds is 7. The molecule has 0 aliphatic heterocycles. The van der Waals surface area contributed by atoms with Gasteiger partial charge in [0.1, 0.15) is 5.75 Å². The van der Waals surface area contributed by atoms with Gasteiger partial charge in [-0.2, -0.15) is 0 Å². The third-order valence-electron chi connectivity index (χ3n) is 3.92. The van der Waals surface area contributed by atoms with Gasteiger partial charge < -0.3 is 24.8 Å². The van der Waals surface area contributed by atoms with Crippen molar-refractivity contribution < 1.29 is 4.74 Å². The van der Waals surface area contributed by atoms with Crippen molar-refractivity contribution in [2.24, 2.45) is 0 Å². The highest BCUT2D eigenvalue weighted by atomic mass is 32.1. The van der Waals surface area contributed by atoms with E-state index in [1.807, 2.05) is 50.2 Å². The van der Waals surface area contributed by atoms with Crippen molar-refractivity contribution in [2.75, 3.05) is 40.8 Å². The summed E-state index contributed by atoms with van der Waals surface area (Å²) in [5, 5.41) is 4.81. The lowest BCUT2D eigenvalue weighted by Gasteiger charge is -2.27. The Morgan fingerprint density at radius 2 is 2.04 bits per heavy atom. The van der Waals surface area contributed by atoms with Crippen LogP contribution >= 0.6 is 12.2 Å². The SMILES string of the molecule is CCNC(=S)N(CCN(C)C)Cc1cc2ccc(OC)cc2[nH]c1=O. The lowest BCUT2D eigenvalue weighted by molar-refractivity contribution is 0.322. The summed E-state index contributed by atoms with van der Waals surface area (Å²) in [6.45, 7) is 4.84. The van der Waals surface area contributed by atoms with Crippen LogP contribution in [0.5, 0.6) is 5.75 Å². The number of likely N-dealkylation sites (N-methyl/N-ethyl adjacent to an activating group) is 1. The van der Waals surface area contributed by atoms with Crippen LogP contribution in [0.1, 0.15) is 12.5 Å². The fourth-order valence-corrected chi connectivity index (χ4v) is 2.81. The molecule has 0 unspecified atom stereocenters. The number of thiocarbonyl (C=S) groups is 1. The average molecular weight is 362 g/mol. The highest BCUT2D eigenvalue weighted by Crippen LogP contribution is 2.18. The van der Waals surface area contributed by atoms with Crippen LogP contribution in [-0.2, 0) is 6.54 Å². The number of benzene rings is 1. The zero-order valence-electron chi connectivity index (χ0n) is 15.3. The maximum atomic E-state index is 12.5. The maximum Gasteiger partial charge on any atom is 0.253 e. The number of ether oxygens (including phenoxy) is 1. The van der Waals surface area contributed by atoms with Gasteiger partial charge in [0.25, 0.3) is 5.56 Å².